The van der Waals surface area contributed by atoms with Crippen LogP contribution in [0.4, 0.5) is 0 Å². The van der Waals surface area contributed by atoms with E-state index in [2.05, 4.69) is 26.1 Å². The van der Waals surface area contributed by atoms with Crippen molar-refractivity contribution in [3.05, 3.63) is 0 Å². The molecule has 0 aromatic rings. The lowest BCUT2D eigenvalue weighted by Crippen LogP contribution is -2.31. The van der Waals surface area contributed by atoms with Gasteiger partial charge in [0.15, 0.2) is 0 Å². The molecular formula is C12H25NO. The molecule has 2 nitrogen and oxygen atoms in total. The van der Waals surface area contributed by atoms with E-state index in [-0.39, 0.29) is 0 Å². The molecule has 0 aliphatic carbocycles. The average Bonchev–Trinajstić information content (AvgIpc) is 2.13. The molecule has 2 heteroatoms. The maximum absolute atomic E-state index is 5.44. The van der Waals surface area contributed by atoms with Gasteiger partial charge in [0.05, 0.1) is 6.61 Å². The summed E-state index contributed by atoms with van der Waals surface area (Å²) in [6, 6.07) is 0. The molecule has 1 fully saturated rings. The monoisotopic (exact) mass is 199 g/mol. The largest absolute Gasteiger partial charge is 0.381 e. The highest BCUT2D eigenvalue weighted by Crippen LogP contribution is 2.17. The van der Waals surface area contributed by atoms with Crippen LogP contribution in [0.15, 0.2) is 0 Å². The summed E-state index contributed by atoms with van der Waals surface area (Å²) in [5, 5.41) is 3.53. The van der Waals surface area contributed by atoms with Crippen molar-refractivity contribution in [2.75, 3.05) is 26.3 Å². The topological polar surface area (TPSA) is 21.3 Å². The second kappa shape index (κ2) is 5.72. The Kier molecular flexibility index (Phi) is 4.90. The Bertz CT molecular complexity index is 145. The van der Waals surface area contributed by atoms with E-state index in [9.17, 15) is 0 Å². The van der Waals surface area contributed by atoms with Crippen molar-refractivity contribution in [1.29, 1.82) is 0 Å². The summed E-state index contributed by atoms with van der Waals surface area (Å²) in [5.41, 5.74) is 0.454. The van der Waals surface area contributed by atoms with Crippen LogP contribution in [-0.2, 0) is 4.74 Å². The zero-order valence-corrected chi connectivity index (χ0v) is 9.94. The SMILES string of the molecule is CC(C)(C)CCNCC1CCCOC1. The Morgan fingerprint density at radius 2 is 2.14 bits per heavy atom. The van der Waals surface area contributed by atoms with Gasteiger partial charge >= 0.3 is 0 Å². The fourth-order valence-electron chi connectivity index (χ4n) is 1.74. The van der Waals surface area contributed by atoms with Crippen LogP contribution in [0.3, 0.4) is 0 Å². The second-order valence-electron chi connectivity index (χ2n) is 5.60. The first kappa shape index (κ1) is 12.0. The zero-order chi connectivity index (χ0) is 10.4. The first-order valence-corrected chi connectivity index (χ1v) is 5.86. The molecule has 0 saturated carbocycles. The van der Waals surface area contributed by atoms with Crippen LogP contribution in [0.25, 0.3) is 0 Å². The van der Waals surface area contributed by atoms with Crippen LogP contribution >= 0.6 is 0 Å². The summed E-state index contributed by atoms with van der Waals surface area (Å²) in [4.78, 5) is 0. The summed E-state index contributed by atoms with van der Waals surface area (Å²) in [5.74, 6) is 0.753. The van der Waals surface area contributed by atoms with Crippen LogP contribution in [0.5, 0.6) is 0 Å². The van der Waals surface area contributed by atoms with Crippen molar-refractivity contribution in [2.24, 2.45) is 11.3 Å². The predicted octanol–water partition coefficient (Wildman–Crippen LogP) is 2.44. The van der Waals surface area contributed by atoms with Crippen LogP contribution in [0.2, 0.25) is 0 Å². The van der Waals surface area contributed by atoms with Gasteiger partial charge in [-0.25, -0.2) is 0 Å². The van der Waals surface area contributed by atoms with Crippen molar-refractivity contribution in [1.82, 2.24) is 5.32 Å². The summed E-state index contributed by atoms with van der Waals surface area (Å²) in [7, 11) is 0. The molecule has 0 aromatic carbocycles. The molecule has 0 bridgehead atoms. The second-order valence-corrected chi connectivity index (χ2v) is 5.60. The van der Waals surface area contributed by atoms with Crippen molar-refractivity contribution >= 4 is 0 Å². The summed E-state index contributed by atoms with van der Waals surface area (Å²) in [6.45, 7) is 11.1. The van der Waals surface area contributed by atoms with Crippen LogP contribution in [-0.4, -0.2) is 26.3 Å². The molecule has 14 heavy (non-hydrogen) atoms. The summed E-state index contributed by atoms with van der Waals surface area (Å²) >= 11 is 0. The van der Waals surface area contributed by atoms with Gasteiger partial charge in [-0.2, -0.15) is 0 Å². The molecule has 84 valence electrons. The van der Waals surface area contributed by atoms with Crippen molar-refractivity contribution < 1.29 is 4.74 Å². The molecule has 1 atom stereocenters. The molecule has 1 saturated heterocycles. The lowest BCUT2D eigenvalue weighted by molar-refractivity contribution is 0.0547. The van der Waals surface area contributed by atoms with Crippen molar-refractivity contribution in [3.63, 3.8) is 0 Å². The Labute approximate surface area is 88.4 Å². The summed E-state index contributed by atoms with van der Waals surface area (Å²) < 4.78 is 5.44. The molecule has 1 aliphatic rings. The van der Waals surface area contributed by atoms with Crippen LogP contribution < -0.4 is 5.32 Å². The third kappa shape index (κ3) is 5.61. The van der Waals surface area contributed by atoms with E-state index in [1.807, 2.05) is 0 Å². The minimum absolute atomic E-state index is 0.454. The zero-order valence-electron chi connectivity index (χ0n) is 9.94. The van der Waals surface area contributed by atoms with Gasteiger partial charge in [-0.3, -0.25) is 0 Å². The number of hydrogen-bond acceptors (Lipinski definition) is 2. The van der Waals surface area contributed by atoms with E-state index in [1.165, 1.54) is 19.3 Å². The van der Waals surface area contributed by atoms with Gasteiger partial charge in [0.1, 0.15) is 0 Å². The molecule has 1 heterocycles. The third-order valence-electron chi connectivity index (χ3n) is 2.74. The molecule has 0 aromatic heterocycles. The molecule has 0 amide bonds. The smallest absolute Gasteiger partial charge is 0.0506 e. The van der Waals surface area contributed by atoms with Gasteiger partial charge in [0.2, 0.25) is 0 Å². The fraction of sp³-hybridized carbons (Fsp3) is 1.00. The normalized spacial score (nSPS) is 23.8. The van der Waals surface area contributed by atoms with Crippen LogP contribution in [0.1, 0.15) is 40.0 Å². The molecule has 1 rings (SSSR count). The van der Waals surface area contributed by atoms with Crippen molar-refractivity contribution in [2.45, 2.75) is 40.0 Å². The van der Waals surface area contributed by atoms with E-state index in [0.29, 0.717) is 5.41 Å². The third-order valence-corrected chi connectivity index (χ3v) is 2.74. The Balaban J connectivity index is 1.97. The highest BCUT2D eigenvalue weighted by molar-refractivity contribution is 4.68. The number of nitrogens with one attached hydrogen (secondary N) is 1. The maximum atomic E-state index is 5.44. The van der Waals surface area contributed by atoms with E-state index in [4.69, 9.17) is 4.74 Å². The number of ether oxygens (including phenoxy) is 1. The quantitative estimate of drug-likeness (QED) is 0.702. The summed E-state index contributed by atoms with van der Waals surface area (Å²) in [6.07, 6.45) is 3.83. The minimum Gasteiger partial charge on any atom is -0.381 e. The molecule has 1 aliphatic heterocycles. The minimum atomic E-state index is 0.454. The standard InChI is InChI=1S/C12H25NO/c1-12(2,3)6-7-13-9-11-5-4-8-14-10-11/h11,13H,4-10H2,1-3H3. The van der Waals surface area contributed by atoms with Gasteiger partial charge in [0, 0.05) is 13.2 Å². The van der Waals surface area contributed by atoms with Gasteiger partial charge in [-0.15, -0.1) is 0 Å². The van der Waals surface area contributed by atoms with E-state index < -0.39 is 0 Å². The van der Waals surface area contributed by atoms with Gasteiger partial charge in [-0.05, 0) is 37.1 Å². The lowest BCUT2D eigenvalue weighted by Gasteiger charge is -2.23. The molecular weight excluding hydrogens is 174 g/mol. The van der Waals surface area contributed by atoms with Gasteiger partial charge < -0.3 is 10.1 Å². The Hall–Kier alpha value is -0.0800. The first-order chi connectivity index (χ1) is 6.58. The first-order valence-electron chi connectivity index (χ1n) is 5.86. The molecule has 0 radical (unpaired) electrons. The maximum Gasteiger partial charge on any atom is 0.0506 e. The lowest BCUT2D eigenvalue weighted by atomic mass is 9.92. The predicted molar refractivity (Wildman–Crippen MR) is 60.5 cm³/mol. The molecule has 0 spiro atoms. The van der Waals surface area contributed by atoms with E-state index in [1.54, 1.807) is 0 Å². The number of hydrogen-bond donors (Lipinski definition) is 1. The molecule has 1 N–H and O–H groups in total. The highest BCUT2D eigenvalue weighted by Gasteiger charge is 2.14. The van der Waals surface area contributed by atoms with E-state index >= 15 is 0 Å². The average molecular weight is 199 g/mol. The Morgan fingerprint density at radius 1 is 1.36 bits per heavy atom. The van der Waals surface area contributed by atoms with Crippen molar-refractivity contribution in [3.8, 4) is 0 Å². The highest BCUT2D eigenvalue weighted by atomic mass is 16.5. The van der Waals surface area contributed by atoms with Gasteiger partial charge in [0.25, 0.3) is 0 Å². The van der Waals surface area contributed by atoms with E-state index in [0.717, 1.165) is 32.2 Å². The van der Waals surface area contributed by atoms with Gasteiger partial charge in [-0.1, -0.05) is 20.8 Å². The fourth-order valence-corrected chi connectivity index (χ4v) is 1.74. The molecule has 1 unspecified atom stereocenters. The number of rotatable bonds is 4. The Morgan fingerprint density at radius 3 is 2.71 bits per heavy atom. The van der Waals surface area contributed by atoms with Crippen LogP contribution in [0, 0.1) is 11.3 Å².